The summed E-state index contributed by atoms with van der Waals surface area (Å²) in [6, 6.07) is 13.0. The van der Waals surface area contributed by atoms with Crippen LogP contribution in [-0.4, -0.2) is 32.7 Å². The summed E-state index contributed by atoms with van der Waals surface area (Å²) in [4.78, 5) is 23.0. The fourth-order valence-corrected chi connectivity index (χ4v) is 2.28. The van der Waals surface area contributed by atoms with E-state index >= 15 is 0 Å². The number of para-hydroxylation sites is 1. The molecule has 1 amide bonds. The second kappa shape index (κ2) is 9.64. The van der Waals surface area contributed by atoms with Gasteiger partial charge in [0.15, 0.2) is 11.5 Å². The van der Waals surface area contributed by atoms with E-state index in [1.165, 1.54) is 26.4 Å². The van der Waals surface area contributed by atoms with Crippen LogP contribution in [0.15, 0.2) is 48.0 Å². The number of anilines is 1. The maximum atomic E-state index is 12.5. The Morgan fingerprint density at radius 2 is 1.82 bits per heavy atom. The molecular formula is C20H17N2O6-. The molecule has 28 heavy (non-hydrogen) atoms. The quantitative estimate of drug-likeness (QED) is 0.541. The van der Waals surface area contributed by atoms with Gasteiger partial charge in [0.1, 0.15) is 24.0 Å². The Bertz CT molecular complexity index is 946. The SMILES string of the molecule is COc1ccc(NC(=O)/C(C#N)=C/c2ccccc2OCC(=O)[O-])cc1OC. The average Bonchev–Trinajstić information content (AvgIpc) is 2.70. The lowest BCUT2D eigenvalue weighted by Gasteiger charge is -2.11. The molecule has 0 fully saturated rings. The summed E-state index contributed by atoms with van der Waals surface area (Å²) in [5.41, 5.74) is 0.590. The van der Waals surface area contributed by atoms with Crippen LogP contribution in [0.1, 0.15) is 5.56 Å². The number of nitrogens with one attached hydrogen (secondary N) is 1. The zero-order chi connectivity index (χ0) is 20.5. The molecular weight excluding hydrogens is 364 g/mol. The molecule has 0 aliphatic carbocycles. The van der Waals surface area contributed by atoms with Crippen molar-refractivity contribution in [3.8, 4) is 23.3 Å². The van der Waals surface area contributed by atoms with E-state index in [2.05, 4.69) is 5.32 Å². The fourth-order valence-electron chi connectivity index (χ4n) is 2.28. The average molecular weight is 381 g/mol. The second-order valence-electron chi connectivity index (χ2n) is 5.39. The van der Waals surface area contributed by atoms with Crippen molar-refractivity contribution in [1.82, 2.24) is 0 Å². The number of nitrogens with zero attached hydrogens (tertiary/aromatic N) is 1. The first-order chi connectivity index (χ1) is 13.5. The Morgan fingerprint density at radius 1 is 1.11 bits per heavy atom. The summed E-state index contributed by atoms with van der Waals surface area (Å²) >= 11 is 0. The van der Waals surface area contributed by atoms with Gasteiger partial charge in [-0.3, -0.25) is 4.79 Å². The first-order valence-corrected chi connectivity index (χ1v) is 8.05. The minimum Gasteiger partial charge on any atom is -0.546 e. The molecule has 0 radical (unpaired) electrons. The van der Waals surface area contributed by atoms with Gasteiger partial charge in [0, 0.05) is 17.3 Å². The second-order valence-corrected chi connectivity index (χ2v) is 5.39. The fraction of sp³-hybridized carbons (Fsp3) is 0.150. The largest absolute Gasteiger partial charge is 0.546 e. The molecule has 8 heteroatoms. The van der Waals surface area contributed by atoms with Gasteiger partial charge >= 0.3 is 0 Å². The van der Waals surface area contributed by atoms with Gasteiger partial charge in [0.05, 0.1) is 20.2 Å². The number of nitriles is 1. The molecule has 0 aromatic heterocycles. The van der Waals surface area contributed by atoms with Gasteiger partial charge < -0.3 is 29.4 Å². The van der Waals surface area contributed by atoms with Crippen molar-refractivity contribution in [1.29, 1.82) is 5.26 Å². The van der Waals surface area contributed by atoms with Crippen LogP contribution in [0.3, 0.4) is 0 Å². The van der Waals surface area contributed by atoms with Crippen molar-refractivity contribution >= 4 is 23.6 Å². The highest BCUT2D eigenvalue weighted by Crippen LogP contribution is 2.30. The van der Waals surface area contributed by atoms with Gasteiger partial charge in [-0.15, -0.1) is 0 Å². The Labute approximate surface area is 161 Å². The molecule has 8 nitrogen and oxygen atoms in total. The normalized spacial score (nSPS) is 10.5. The molecule has 0 unspecified atom stereocenters. The predicted octanol–water partition coefficient (Wildman–Crippen LogP) is 1.38. The molecule has 1 N–H and O–H groups in total. The number of aliphatic carboxylic acids is 1. The van der Waals surface area contributed by atoms with Gasteiger partial charge in [-0.25, -0.2) is 0 Å². The molecule has 2 aromatic rings. The van der Waals surface area contributed by atoms with Crippen molar-refractivity contribution in [2.24, 2.45) is 0 Å². The molecule has 0 heterocycles. The third-order valence-corrected chi connectivity index (χ3v) is 3.57. The van der Waals surface area contributed by atoms with E-state index in [0.29, 0.717) is 22.7 Å². The van der Waals surface area contributed by atoms with Crippen LogP contribution < -0.4 is 24.6 Å². The van der Waals surface area contributed by atoms with E-state index in [4.69, 9.17) is 14.2 Å². The number of carbonyl (C=O) groups is 2. The molecule has 0 saturated carbocycles. The van der Waals surface area contributed by atoms with Crippen molar-refractivity contribution in [2.45, 2.75) is 0 Å². The summed E-state index contributed by atoms with van der Waals surface area (Å²) in [7, 11) is 2.96. The monoisotopic (exact) mass is 381 g/mol. The van der Waals surface area contributed by atoms with Crippen LogP contribution in [-0.2, 0) is 9.59 Å². The Balaban J connectivity index is 2.25. The number of carbonyl (C=O) groups excluding carboxylic acids is 2. The minimum absolute atomic E-state index is 0.195. The van der Waals surface area contributed by atoms with E-state index in [9.17, 15) is 20.0 Å². The number of amides is 1. The lowest BCUT2D eigenvalue weighted by Crippen LogP contribution is -2.29. The number of ether oxygens (including phenoxy) is 3. The summed E-state index contributed by atoms with van der Waals surface area (Å²) < 4.78 is 15.4. The van der Waals surface area contributed by atoms with E-state index in [-0.39, 0.29) is 11.3 Å². The highest BCUT2D eigenvalue weighted by Gasteiger charge is 2.13. The number of rotatable bonds is 8. The van der Waals surface area contributed by atoms with Gasteiger partial charge in [0.2, 0.25) is 0 Å². The van der Waals surface area contributed by atoms with Crippen LogP contribution in [0.25, 0.3) is 6.08 Å². The first kappa shape index (κ1) is 20.3. The van der Waals surface area contributed by atoms with E-state index < -0.39 is 18.5 Å². The Morgan fingerprint density at radius 3 is 2.46 bits per heavy atom. The first-order valence-electron chi connectivity index (χ1n) is 8.05. The molecule has 0 bridgehead atoms. The van der Waals surface area contributed by atoms with Gasteiger partial charge in [-0.1, -0.05) is 18.2 Å². The van der Waals surface area contributed by atoms with Crippen LogP contribution >= 0.6 is 0 Å². The number of hydrogen-bond donors (Lipinski definition) is 1. The van der Waals surface area contributed by atoms with Crippen molar-refractivity contribution in [2.75, 3.05) is 26.1 Å². The standard InChI is InChI=1S/C20H18N2O6/c1-26-17-8-7-15(10-18(17)27-2)22-20(25)14(11-21)9-13-5-3-4-6-16(13)28-12-19(23)24/h3-10H,12H2,1-2H3,(H,22,25)(H,23,24)/p-1/b14-9+. The van der Waals surface area contributed by atoms with Crippen molar-refractivity contribution < 1.29 is 28.9 Å². The molecule has 0 spiro atoms. The zero-order valence-electron chi connectivity index (χ0n) is 15.2. The van der Waals surface area contributed by atoms with Gasteiger partial charge in [-0.2, -0.15) is 5.26 Å². The van der Waals surface area contributed by atoms with E-state index in [1.807, 2.05) is 6.07 Å². The highest BCUT2D eigenvalue weighted by atomic mass is 16.5. The highest BCUT2D eigenvalue weighted by molar-refractivity contribution is 6.10. The number of carboxylic acids is 1. The molecule has 2 rings (SSSR count). The molecule has 0 aliphatic heterocycles. The van der Waals surface area contributed by atoms with Crippen LogP contribution in [0.2, 0.25) is 0 Å². The summed E-state index contributed by atoms with van der Waals surface area (Å²) in [6.45, 7) is -0.648. The van der Waals surface area contributed by atoms with E-state index in [1.54, 1.807) is 36.4 Å². The number of benzene rings is 2. The number of methoxy groups -OCH3 is 2. The molecule has 0 atom stereocenters. The summed E-state index contributed by atoms with van der Waals surface area (Å²) in [5, 5.41) is 22.5. The summed E-state index contributed by atoms with van der Waals surface area (Å²) in [6.07, 6.45) is 1.31. The Kier molecular flexibility index (Phi) is 6.99. The van der Waals surface area contributed by atoms with Gasteiger partial charge in [-0.05, 0) is 24.3 Å². The maximum Gasteiger partial charge on any atom is 0.266 e. The number of hydrogen-bond acceptors (Lipinski definition) is 7. The van der Waals surface area contributed by atoms with Crippen molar-refractivity contribution in [3.05, 3.63) is 53.6 Å². The van der Waals surface area contributed by atoms with Crippen LogP contribution in [0, 0.1) is 11.3 Å². The smallest absolute Gasteiger partial charge is 0.266 e. The van der Waals surface area contributed by atoms with E-state index in [0.717, 1.165) is 0 Å². The lowest BCUT2D eigenvalue weighted by atomic mass is 10.1. The number of carboxylic acid groups (broad SMARTS) is 1. The topological polar surface area (TPSA) is 121 Å². The zero-order valence-corrected chi connectivity index (χ0v) is 15.2. The van der Waals surface area contributed by atoms with Crippen LogP contribution in [0.5, 0.6) is 17.2 Å². The third-order valence-electron chi connectivity index (χ3n) is 3.57. The molecule has 0 aliphatic rings. The van der Waals surface area contributed by atoms with Crippen molar-refractivity contribution in [3.63, 3.8) is 0 Å². The maximum absolute atomic E-state index is 12.5. The summed E-state index contributed by atoms with van der Waals surface area (Å²) in [5.74, 6) is -0.910. The molecule has 2 aromatic carbocycles. The van der Waals surface area contributed by atoms with Crippen LogP contribution in [0.4, 0.5) is 5.69 Å². The van der Waals surface area contributed by atoms with Gasteiger partial charge in [0.25, 0.3) is 5.91 Å². The Hall–Kier alpha value is -3.99. The molecule has 144 valence electrons. The lowest BCUT2D eigenvalue weighted by molar-refractivity contribution is -0.307. The molecule has 0 saturated heterocycles. The predicted molar refractivity (Wildman–Crippen MR) is 98.7 cm³/mol. The minimum atomic E-state index is -1.38. The third kappa shape index (κ3) is 5.25.